The molecule has 0 aliphatic carbocycles. The molecule has 0 radical (unpaired) electrons. The van der Waals surface area contributed by atoms with Gasteiger partial charge in [-0.1, -0.05) is 42.5 Å². The molecule has 6 nitrogen and oxygen atoms in total. The Morgan fingerprint density at radius 1 is 1.10 bits per heavy atom. The topological polar surface area (TPSA) is 63.5 Å². The minimum atomic E-state index is 0. The van der Waals surface area contributed by atoms with E-state index in [1.54, 1.807) is 14.2 Å². The highest BCUT2D eigenvalue weighted by molar-refractivity contribution is 14.0. The van der Waals surface area contributed by atoms with Crippen molar-refractivity contribution in [2.45, 2.75) is 26.6 Å². The molecule has 154 valence electrons. The van der Waals surface area contributed by atoms with Crippen molar-refractivity contribution >= 4 is 29.9 Å². The maximum absolute atomic E-state index is 5.47. The zero-order valence-electron chi connectivity index (χ0n) is 17.1. The number of rotatable bonds is 7. The molecule has 0 fully saturated rings. The number of nitrogens with one attached hydrogen (secondary N) is 2. The first kappa shape index (κ1) is 22.7. The van der Waals surface area contributed by atoms with Crippen molar-refractivity contribution in [1.82, 2.24) is 20.2 Å². The van der Waals surface area contributed by atoms with Crippen LogP contribution < -0.4 is 15.4 Å². The van der Waals surface area contributed by atoms with Gasteiger partial charge in [0.25, 0.3) is 0 Å². The van der Waals surface area contributed by atoms with E-state index in [0.717, 1.165) is 29.6 Å². The number of hydrogen-bond donors (Lipinski definition) is 2. The summed E-state index contributed by atoms with van der Waals surface area (Å²) in [5.41, 5.74) is 3.51. The quantitative estimate of drug-likeness (QED) is 0.292. The first-order chi connectivity index (χ1) is 13.7. The van der Waals surface area contributed by atoms with E-state index >= 15 is 0 Å². The van der Waals surface area contributed by atoms with Gasteiger partial charge in [-0.25, -0.2) is 4.98 Å². The van der Waals surface area contributed by atoms with Gasteiger partial charge in [0.2, 0.25) is 0 Å². The minimum absolute atomic E-state index is 0. The van der Waals surface area contributed by atoms with Crippen molar-refractivity contribution in [3.8, 4) is 5.75 Å². The molecular weight excluding hydrogens is 477 g/mol. The number of aromatic nitrogens is 2. The normalized spacial score (nSPS) is 10.9. The van der Waals surface area contributed by atoms with E-state index in [-0.39, 0.29) is 24.0 Å². The maximum Gasteiger partial charge on any atom is 0.191 e. The lowest BCUT2D eigenvalue weighted by molar-refractivity contribution is 0.408. The molecule has 1 aromatic heterocycles. The number of guanidine groups is 1. The zero-order valence-corrected chi connectivity index (χ0v) is 19.4. The maximum atomic E-state index is 5.47. The highest BCUT2D eigenvalue weighted by Crippen LogP contribution is 2.19. The molecule has 3 aromatic rings. The largest absolute Gasteiger partial charge is 0.496 e. The molecule has 0 atom stereocenters. The summed E-state index contributed by atoms with van der Waals surface area (Å²) in [4.78, 5) is 8.78. The second kappa shape index (κ2) is 11.5. The van der Waals surface area contributed by atoms with E-state index < -0.39 is 0 Å². The molecule has 0 saturated heterocycles. The molecule has 0 spiro atoms. The van der Waals surface area contributed by atoms with Crippen molar-refractivity contribution in [1.29, 1.82) is 0 Å². The molecule has 2 aromatic carbocycles. The lowest BCUT2D eigenvalue weighted by atomic mass is 10.1. The molecule has 0 aliphatic rings. The van der Waals surface area contributed by atoms with Gasteiger partial charge in [-0.15, -0.1) is 24.0 Å². The Labute approximate surface area is 189 Å². The number of aliphatic imine (C=N–C) groups is 1. The molecule has 0 aliphatic heterocycles. The monoisotopic (exact) mass is 505 g/mol. The first-order valence-electron chi connectivity index (χ1n) is 9.31. The van der Waals surface area contributed by atoms with Crippen molar-refractivity contribution in [2.75, 3.05) is 14.2 Å². The molecule has 29 heavy (non-hydrogen) atoms. The average Bonchev–Trinajstić information content (AvgIpc) is 3.16. The Morgan fingerprint density at radius 3 is 2.59 bits per heavy atom. The average molecular weight is 505 g/mol. The lowest BCUT2D eigenvalue weighted by Crippen LogP contribution is -2.37. The Hall–Kier alpha value is -2.55. The third-order valence-electron chi connectivity index (χ3n) is 4.52. The smallest absolute Gasteiger partial charge is 0.191 e. The van der Waals surface area contributed by atoms with E-state index in [1.807, 2.05) is 24.5 Å². The predicted molar refractivity (Wildman–Crippen MR) is 128 cm³/mol. The van der Waals surface area contributed by atoms with Crippen LogP contribution in [0.3, 0.4) is 0 Å². The molecular formula is C22H28IN5O. The van der Waals surface area contributed by atoms with E-state index in [0.29, 0.717) is 13.1 Å². The number of halogens is 1. The van der Waals surface area contributed by atoms with Gasteiger partial charge in [0.15, 0.2) is 5.96 Å². The molecule has 2 N–H and O–H groups in total. The molecule has 3 rings (SSSR count). The molecule has 0 unspecified atom stereocenters. The number of benzene rings is 2. The van der Waals surface area contributed by atoms with Gasteiger partial charge < -0.3 is 19.9 Å². The third-order valence-corrected chi connectivity index (χ3v) is 4.52. The number of methoxy groups -OCH3 is 1. The van der Waals surface area contributed by atoms with E-state index in [2.05, 4.69) is 68.5 Å². The van der Waals surface area contributed by atoms with Crippen molar-refractivity contribution < 1.29 is 4.74 Å². The van der Waals surface area contributed by atoms with E-state index in [9.17, 15) is 0 Å². The SMILES string of the molecule is CN=C(NCc1ccc(C)cc1OC)NCc1nccn1Cc1ccccc1.I. The van der Waals surface area contributed by atoms with Crippen molar-refractivity contribution in [2.24, 2.45) is 4.99 Å². The van der Waals surface area contributed by atoms with E-state index in [4.69, 9.17) is 4.74 Å². The summed E-state index contributed by atoms with van der Waals surface area (Å²) >= 11 is 0. The van der Waals surface area contributed by atoms with Gasteiger partial charge >= 0.3 is 0 Å². The fourth-order valence-corrected chi connectivity index (χ4v) is 2.99. The Balaban J connectivity index is 0.00000300. The van der Waals surface area contributed by atoms with Crippen LogP contribution in [0.4, 0.5) is 0 Å². The summed E-state index contributed by atoms with van der Waals surface area (Å²) < 4.78 is 7.61. The van der Waals surface area contributed by atoms with Gasteiger partial charge in [0, 0.05) is 38.1 Å². The van der Waals surface area contributed by atoms with Crippen LogP contribution in [-0.4, -0.2) is 29.7 Å². The van der Waals surface area contributed by atoms with Gasteiger partial charge in [-0.3, -0.25) is 4.99 Å². The van der Waals surface area contributed by atoms with Gasteiger partial charge in [-0.05, 0) is 24.1 Å². The van der Waals surface area contributed by atoms with Crippen molar-refractivity contribution in [3.63, 3.8) is 0 Å². The van der Waals surface area contributed by atoms with Crippen LogP contribution in [0.15, 0.2) is 65.9 Å². The number of aryl methyl sites for hydroxylation is 1. The standard InChI is InChI=1S/C22H27N5O.HI/c1-17-9-10-19(20(13-17)28-3)14-25-22(23-2)26-15-21-24-11-12-27(21)16-18-7-5-4-6-8-18;/h4-13H,14-16H2,1-3H3,(H2,23,25,26);1H. The predicted octanol–water partition coefficient (Wildman–Crippen LogP) is 3.73. The molecule has 7 heteroatoms. The Kier molecular flexibility index (Phi) is 8.98. The molecule has 0 saturated carbocycles. The highest BCUT2D eigenvalue weighted by atomic mass is 127. The second-order valence-corrected chi connectivity index (χ2v) is 6.55. The fourth-order valence-electron chi connectivity index (χ4n) is 2.99. The van der Waals surface area contributed by atoms with Crippen LogP contribution in [0.2, 0.25) is 0 Å². The molecule has 0 bridgehead atoms. The fraction of sp³-hybridized carbons (Fsp3) is 0.273. The lowest BCUT2D eigenvalue weighted by Gasteiger charge is -2.15. The highest BCUT2D eigenvalue weighted by Gasteiger charge is 2.07. The van der Waals surface area contributed by atoms with Crippen LogP contribution in [-0.2, 0) is 19.6 Å². The first-order valence-corrected chi connectivity index (χ1v) is 9.31. The minimum Gasteiger partial charge on any atom is -0.496 e. The van der Waals surface area contributed by atoms with Gasteiger partial charge in [-0.2, -0.15) is 0 Å². The summed E-state index contributed by atoms with van der Waals surface area (Å²) in [6.45, 7) is 4.06. The summed E-state index contributed by atoms with van der Waals surface area (Å²) in [7, 11) is 3.45. The number of ether oxygens (including phenoxy) is 1. The number of imidazole rings is 1. The third kappa shape index (κ3) is 6.49. The van der Waals surface area contributed by atoms with E-state index in [1.165, 1.54) is 11.1 Å². The van der Waals surface area contributed by atoms with Crippen LogP contribution in [0.25, 0.3) is 0 Å². The zero-order chi connectivity index (χ0) is 19.8. The second-order valence-electron chi connectivity index (χ2n) is 6.55. The van der Waals surface area contributed by atoms with Crippen LogP contribution >= 0.6 is 24.0 Å². The summed E-state index contributed by atoms with van der Waals surface area (Å²) in [6.07, 6.45) is 3.82. The van der Waals surface area contributed by atoms with Crippen LogP contribution in [0.5, 0.6) is 5.75 Å². The summed E-state index contributed by atoms with van der Waals surface area (Å²) in [6, 6.07) is 16.5. The summed E-state index contributed by atoms with van der Waals surface area (Å²) in [5.74, 6) is 2.55. The van der Waals surface area contributed by atoms with Gasteiger partial charge in [0.1, 0.15) is 11.6 Å². The number of hydrogen-bond acceptors (Lipinski definition) is 3. The van der Waals surface area contributed by atoms with Gasteiger partial charge in [0.05, 0.1) is 13.7 Å². The Bertz CT molecular complexity index is 924. The number of nitrogens with zero attached hydrogens (tertiary/aromatic N) is 3. The van der Waals surface area contributed by atoms with Crippen molar-refractivity contribution in [3.05, 3.63) is 83.4 Å². The summed E-state index contributed by atoms with van der Waals surface area (Å²) in [5, 5.41) is 6.67. The van der Waals surface area contributed by atoms with Crippen LogP contribution in [0.1, 0.15) is 22.5 Å². The Morgan fingerprint density at radius 2 is 1.86 bits per heavy atom. The molecule has 0 amide bonds. The van der Waals surface area contributed by atoms with Crippen LogP contribution in [0, 0.1) is 6.92 Å². The molecule has 1 heterocycles.